The summed E-state index contributed by atoms with van der Waals surface area (Å²) in [7, 11) is 0. The van der Waals surface area contributed by atoms with Gasteiger partial charge in [-0.25, -0.2) is 0 Å². The van der Waals surface area contributed by atoms with Gasteiger partial charge in [0.05, 0.1) is 4.60 Å². The molecule has 74 valence electrons. The number of halogens is 1. The van der Waals surface area contributed by atoms with E-state index in [0.29, 0.717) is 6.04 Å². The first-order valence-electron chi connectivity index (χ1n) is 4.76. The fraction of sp³-hybridized carbons (Fsp3) is 0.600. The Morgan fingerprint density at radius 3 is 2.46 bits per heavy atom. The van der Waals surface area contributed by atoms with Gasteiger partial charge in [-0.05, 0) is 47.6 Å². The predicted molar refractivity (Wildman–Crippen MR) is 59.8 cm³/mol. The molecule has 0 bridgehead atoms. The van der Waals surface area contributed by atoms with E-state index in [1.54, 1.807) is 0 Å². The van der Waals surface area contributed by atoms with E-state index >= 15 is 0 Å². The Bertz CT molecular complexity index is 253. The molecular weight excluding hydrogens is 228 g/mol. The smallest absolute Gasteiger partial charge is 0.0823 e. The summed E-state index contributed by atoms with van der Waals surface area (Å²) in [5, 5.41) is 0. The van der Waals surface area contributed by atoms with Crippen molar-refractivity contribution in [3.8, 4) is 0 Å². The van der Waals surface area contributed by atoms with E-state index in [9.17, 15) is 0 Å². The van der Waals surface area contributed by atoms with E-state index in [1.165, 1.54) is 5.56 Å². The quantitative estimate of drug-likeness (QED) is 0.863. The van der Waals surface area contributed by atoms with Crippen molar-refractivity contribution in [2.45, 2.75) is 26.8 Å². The fourth-order valence-corrected chi connectivity index (χ4v) is 1.98. The highest BCUT2D eigenvalue weighted by Gasteiger charge is 2.12. The minimum Gasteiger partial charge on any atom is -0.356 e. The second-order valence-electron chi connectivity index (χ2n) is 3.18. The minimum absolute atomic E-state index is 0.498. The van der Waals surface area contributed by atoms with Gasteiger partial charge in [-0.15, -0.1) is 0 Å². The van der Waals surface area contributed by atoms with Gasteiger partial charge in [0.15, 0.2) is 0 Å². The van der Waals surface area contributed by atoms with E-state index < -0.39 is 0 Å². The Balaban J connectivity index is 2.71. The number of nitrogens with zero attached hydrogens (tertiary/aromatic N) is 1. The Kier molecular flexibility index (Phi) is 4.00. The number of nitrogens with one attached hydrogen (secondary N) is 1. The maximum absolute atomic E-state index is 3.42. The Labute approximate surface area is 88.5 Å². The zero-order valence-corrected chi connectivity index (χ0v) is 10.1. The summed E-state index contributed by atoms with van der Waals surface area (Å²) in [6, 6.07) is 2.64. The highest BCUT2D eigenvalue weighted by Crippen LogP contribution is 2.22. The molecule has 0 fully saturated rings. The van der Waals surface area contributed by atoms with E-state index in [1.807, 2.05) is 0 Å². The van der Waals surface area contributed by atoms with Crippen LogP contribution in [0, 0.1) is 0 Å². The third-order valence-electron chi connectivity index (χ3n) is 2.51. The number of H-pyrrole nitrogens is 1. The van der Waals surface area contributed by atoms with Crippen LogP contribution < -0.4 is 0 Å². The molecule has 0 aliphatic heterocycles. The minimum atomic E-state index is 0.498. The number of hydrogen-bond acceptors (Lipinski definition) is 1. The van der Waals surface area contributed by atoms with Gasteiger partial charge in [0, 0.05) is 12.2 Å². The molecule has 1 aromatic heterocycles. The first kappa shape index (κ1) is 10.8. The van der Waals surface area contributed by atoms with E-state index in [-0.39, 0.29) is 0 Å². The lowest BCUT2D eigenvalue weighted by molar-refractivity contribution is 0.234. The Morgan fingerprint density at radius 1 is 1.46 bits per heavy atom. The molecule has 3 heteroatoms. The molecule has 2 nitrogen and oxygen atoms in total. The van der Waals surface area contributed by atoms with Gasteiger partial charge < -0.3 is 4.98 Å². The molecule has 1 atom stereocenters. The summed E-state index contributed by atoms with van der Waals surface area (Å²) in [5.74, 6) is 0. The summed E-state index contributed by atoms with van der Waals surface area (Å²) < 4.78 is 1.06. The normalized spacial score (nSPS) is 13.6. The molecule has 13 heavy (non-hydrogen) atoms. The van der Waals surface area contributed by atoms with E-state index in [2.05, 4.69) is 58.8 Å². The highest BCUT2D eigenvalue weighted by molar-refractivity contribution is 9.10. The molecule has 1 rings (SSSR count). The number of aromatic amines is 1. The average molecular weight is 245 g/mol. The number of rotatable bonds is 4. The zero-order valence-electron chi connectivity index (χ0n) is 8.47. The van der Waals surface area contributed by atoms with Crippen LogP contribution in [0.1, 0.15) is 32.4 Å². The van der Waals surface area contributed by atoms with Gasteiger partial charge in [-0.1, -0.05) is 13.8 Å². The summed E-state index contributed by atoms with van der Waals surface area (Å²) in [6.07, 6.45) is 2.06. The SMILES string of the molecule is CCN(CC)C(C)c1c[nH]c(Br)c1. The van der Waals surface area contributed by atoms with Gasteiger partial charge in [-0.2, -0.15) is 0 Å². The third kappa shape index (κ3) is 2.58. The van der Waals surface area contributed by atoms with Crippen LogP contribution in [0.3, 0.4) is 0 Å². The van der Waals surface area contributed by atoms with Gasteiger partial charge in [0.1, 0.15) is 0 Å². The monoisotopic (exact) mass is 244 g/mol. The van der Waals surface area contributed by atoms with Gasteiger partial charge in [0.25, 0.3) is 0 Å². The largest absolute Gasteiger partial charge is 0.356 e. The molecule has 0 aliphatic carbocycles. The van der Waals surface area contributed by atoms with Crippen LogP contribution in [-0.2, 0) is 0 Å². The molecule has 0 saturated heterocycles. The molecular formula is C10H17BrN2. The lowest BCUT2D eigenvalue weighted by Gasteiger charge is -2.25. The standard InChI is InChI=1S/C10H17BrN2/c1-4-13(5-2)8(3)9-6-10(11)12-7-9/h6-8,12H,4-5H2,1-3H3. The second-order valence-corrected chi connectivity index (χ2v) is 4.03. The summed E-state index contributed by atoms with van der Waals surface area (Å²) in [4.78, 5) is 5.57. The highest BCUT2D eigenvalue weighted by atomic mass is 79.9. The number of hydrogen-bond donors (Lipinski definition) is 1. The molecule has 0 aromatic carbocycles. The van der Waals surface area contributed by atoms with Crippen molar-refractivity contribution in [2.75, 3.05) is 13.1 Å². The van der Waals surface area contributed by atoms with Crippen molar-refractivity contribution in [2.24, 2.45) is 0 Å². The summed E-state index contributed by atoms with van der Waals surface area (Å²) >= 11 is 3.42. The molecule has 1 N–H and O–H groups in total. The van der Waals surface area contributed by atoms with Crippen LogP contribution >= 0.6 is 15.9 Å². The zero-order chi connectivity index (χ0) is 9.84. The molecule has 0 aliphatic rings. The molecule has 0 radical (unpaired) electrons. The van der Waals surface area contributed by atoms with Crippen LogP contribution in [0.5, 0.6) is 0 Å². The predicted octanol–water partition coefficient (Wildman–Crippen LogP) is 3.18. The van der Waals surface area contributed by atoms with Gasteiger partial charge in [-0.3, -0.25) is 4.90 Å². The van der Waals surface area contributed by atoms with Gasteiger partial charge in [0.2, 0.25) is 0 Å². The summed E-state index contributed by atoms with van der Waals surface area (Å²) in [5.41, 5.74) is 1.34. The summed E-state index contributed by atoms with van der Waals surface area (Å²) in [6.45, 7) is 8.83. The first-order valence-corrected chi connectivity index (χ1v) is 5.56. The van der Waals surface area contributed by atoms with Crippen molar-refractivity contribution in [3.63, 3.8) is 0 Å². The van der Waals surface area contributed by atoms with Crippen molar-refractivity contribution in [1.82, 2.24) is 9.88 Å². The fourth-order valence-electron chi connectivity index (χ4n) is 1.61. The van der Waals surface area contributed by atoms with Crippen molar-refractivity contribution in [1.29, 1.82) is 0 Å². The Hall–Kier alpha value is -0.280. The molecule has 0 saturated carbocycles. The van der Waals surface area contributed by atoms with E-state index in [0.717, 1.165) is 17.7 Å². The van der Waals surface area contributed by atoms with Crippen LogP contribution in [-0.4, -0.2) is 23.0 Å². The van der Waals surface area contributed by atoms with Crippen LogP contribution in [0.2, 0.25) is 0 Å². The van der Waals surface area contributed by atoms with Crippen molar-refractivity contribution >= 4 is 15.9 Å². The van der Waals surface area contributed by atoms with Crippen LogP contribution in [0.15, 0.2) is 16.9 Å². The lowest BCUT2D eigenvalue weighted by atomic mass is 10.1. The maximum Gasteiger partial charge on any atom is 0.0823 e. The molecule has 0 amide bonds. The van der Waals surface area contributed by atoms with Gasteiger partial charge >= 0.3 is 0 Å². The molecule has 1 heterocycles. The molecule has 1 aromatic rings. The Morgan fingerprint density at radius 2 is 2.08 bits per heavy atom. The lowest BCUT2D eigenvalue weighted by Crippen LogP contribution is -2.26. The molecule has 1 unspecified atom stereocenters. The second kappa shape index (κ2) is 4.82. The van der Waals surface area contributed by atoms with E-state index in [4.69, 9.17) is 0 Å². The van der Waals surface area contributed by atoms with Crippen LogP contribution in [0.4, 0.5) is 0 Å². The van der Waals surface area contributed by atoms with Crippen LogP contribution in [0.25, 0.3) is 0 Å². The number of aromatic nitrogens is 1. The van der Waals surface area contributed by atoms with Crippen molar-refractivity contribution in [3.05, 3.63) is 22.4 Å². The third-order valence-corrected chi connectivity index (χ3v) is 2.97. The topological polar surface area (TPSA) is 19.0 Å². The first-order chi connectivity index (χ1) is 6.19. The maximum atomic E-state index is 3.42. The average Bonchev–Trinajstić information content (AvgIpc) is 2.54. The molecule has 0 spiro atoms. The van der Waals surface area contributed by atoms with Crippen molar-refractivity contribution < 1.29 is 0 Å².